The first-order valence-electron chi connectivity index (χ1n) is 10.3. The molecule has 1 N–H and O–H groups in total. The van der Waals surface area contributed by atoms with Gasteiger partial charge < -0.3 is 19.6 Å². The van der Waals surface area contributed by atoms with Crippen LogP contribution in [0.5, 0.6) is 5.75 Å². The Bertz CT molecular complexity index is 1000. The molecule has 0 saturated carbocycles. The van der Waals surface area contributed by atoms with Gasteiger partial charge in [0.25, 0.3) is 11.7 Å². The predicted octanol–water partition coefficient (Wildman–Crippen LogP) is 4.11. The maximum atomic E-state index is 13.1. The quantitative estimate of drug-likeness (QED) is 0.378. The standard InChI is InChI=1S/C24H27ClN2O4/c1-4-26(5-2)13-14-27-21(16-9-8-10-17(25)15-16)20(23(29)24(27)30)22(28)18-11-6-7-12-19(18)31-3/h6-12,15,21,28H,4-5,13-14H2,1-3H3/b22-20+. The molecule has 31 heavy (non-hydrogen) atoms. The zero-order valence-electron chi connectivity index (χ0n) is 18.0. The largest absolute Gasteiger partial charge is 0.507 e. The summed E-state index contributed by atoms with van der Waals surface area (Å²) in [5, 5.41) is 11.7. The molecule has 7 heteroatoms. The normalized spacial score (nSPS) is 18.1. The van der Waals surface area contributed by atoms with Crippen LogP contribution >= 0.6 is 11.6 Å². The lowest BCUT2D eigenvalue weighted by atomic mass is 9.95. The Morgan fingerprint density at radius 1 is 1.13 bits per heavy atom. The molecule has 1 aliphatic heterocycles. The van der Waals surface area contributed by atoms with Crippen LogP contribution in [-0.4, -0.2) is 59.9 Å². The minimum atomic E-state index is -0.737. The second-order valence-corrected chi connectivity index (χ2v) is 7.71. The summed E-state index contributed by atoms with van der Waals surface area (Å²) in [6.07, 6.45) is 0. The van der Waals surface area contributed by atoms with Crippen LogP contribution in [0.15, 0.2) is 54.1 Å². The number of carbonyl (C=O) groups is 2. The van der Waals surface area contributed by atoms with Crippen LogP contribution in [-0.2, 0) is 9.59 Å². The molecule has 0 bridgehead atoms. The lowest BCUT2D eigenvalue weighted by molar-refractivity contribution is -0.140. The van der Waals surface area contributed by atoms with Crippen molar-refractivity contribution in [3.05, 3.63) is 70.3 Å². The van der Waals surface area contributed by atoms with Crippen LogP contribution in [0.25, 0.3) is 5.76 Å². The molecular formula is C24H27ClN2O4. The minimum absolute atomic E-state index is 0.0383. The van der Waals surface area contributed by atoms with Gasteiger partial charge in [0.05, 0.1) is 24.3 Å². The number of ketones is 1. The van der Waals surface area contributed by atoms with Crippen LogP contribution in [0.2, 0.25) is 5.02 Å². The van der Waals surface area contributed by atoms with Gasteiger partial charge in [-0.05, 0) is 42.9 Å². The van der Waals surface area contributed by atoms with E-state index in [2.05, 4.69) is 4.90 Å². The molecular weight excluding hydrogens is 416 g/mol. The third kappa shape index (κ3) is 4.60. The third-order valence-electron chi connectivity index (χ3n) is 5.62. The Kier molecular flexibility index (Phi) is 7.36. The molecule has 1 unspecified atom stereocenters. The number of likely N-dealkylation sites (tertiary alicyclic amines) is 1. The van der Waals surface area contributed by atoms with Gasteiger partial charge in [-0.3, -0.25) is 9.59 Å². The minimum Gasteiger partial charge on any atom is -0.507 e. The van der Waals surface area contributed by atoms with E-state index < -0.39 is 17.7 Å². The number of hydrogen-bond donors (Lipinski definition) is 1. The highest BCUT2D eigenvalue weighted by Gasteiger charge is 2.46. The van der Waals surface area contributed by atoms with E-state index in [4.69, 9.17) is 16.3 Å². The number of aliphatic hydroxyl groups excluding tert-OH is 1. The van der Waals surface area contributed by atoms with Crippen LogP contribution in [0, 0.1) is 0 Å². The Balaban J connectivity index is 2.14. The van der Waals surface area contributed by atoms with Crippen LogP contribution in [0.1, 0.15) is 31.0 Å². The highest BCUT2D eigenvalue weighted by Crippen LogP contribution is 2.41. The summed E-state index contributed by atoms with van der Waals surface area (Å²) in [7, 11) is 1.49. The fourth-order valence-corrected chi connectivity index (χ4v) is 4.11. The Labute approximate surface area is 187 Å². The molecule has 1 saturated heterocycles. The van der Waals surface area contributed by atoms with Crippen molar-refractivity contribution in [1.29, 1.82) is 0 Å². The number of nitrogens with zero attached hydrogens (tertiary/aromatic N) is 2. The summed E-state index contributed by atoms with van der Waals surface area (Å²) in [5.41, 5.74) is 1.07. The molecule has 3 rings (SSSR count). The van der Waals surface area contributed by atoms with E-state index in [1.165, 1.54) is 12.0 Å². The fraction of sp³-hybridized carbons (Fsp3) is 0.333. The number of amides is 1. The summed E-state index contributed by atoms with van der Waals surface area (Å²) in [5.74, 6) is -1.19. The lowest BCUT2D eigenvalue weighted by Gasteiger charge is -2.28. The number of halogens is 1. The molecule has 164 valence electrons. The van der Waals surface area contributed by atoms with Crippen molar-refractivity contribution in [3.8, 4) is 5.75 Å². The van der Waals surface area contributed by atoms with Gasteiger partial charge in [-0.25, -0.2) is 0 Å². The van der Waals surface area contributed by atoms with Gasteiger partial charge in [0.2, 0.25) is 0 Å². The molecule has 1 atom stereocenters. The first-order valence-corrected chi connectivity index (χ1v) is 10.7. The number of benzene rings is 2. The average molecular weight is 443 g/mol. The molecule has 2 aromatic carbocycles. The van der Waals surface area contributed by atoms with E-state index in [9.17, 15) is 14.7 Å². The van der Waals surface area contributed by atoms with Crippen molar-refractivity contribution >= 4 is 29.1 Å². The molecule has 1 fully saturated rings. The summed E-state index contributed by atoms with van der Waals surface area (Å²) in [6.45, 7) is 6.74. The molecule has 2 aromatic rings. The monoisotopic (exact) mass is 442 g/mol. The van der Waals surface area contributed by atoms with Gasteiger partial charge in [0, 0.05) is 18.1 Å². The van der Waals surface area contributed by atoms with E-state index in [1.54, 1.807) is 42.5 Å². The third-order valence-corrected chi connectivity index (χ3v) is 5.85. The predicted molar refractivity (Wildman–Crippen MR) is 121 cm³/mol. The number of carbonyl (C=O) groups excluding carboxylic acids is 2. The van der Waals surface area contributed by atoms with Crippen molar-refractivity contribution in [3.63, 3.8) is 0 Å². The Morgan fingerprint density at radius 2 is 1.84 bits per heavy atom. The number of aliphatic hydroxyl groups is 1. The molecule has 1 heterocycles. The number of para-hydroxylation sites is 1. The summed E-state index contributed by atoms with van der Waals surface area (Å²) < 4.78 is 5.35. The summed E-state index contributed by atoms with van der Waals surface area (Å²) >= 11 is 6.21. The zero-order chi connectivity index (χ0) is 22.5. The second kappa shape index (κ2) is 9.98. The number of Topliss-reactive ketones (excluding diaryl/α,β-unsaturated/α-hetero) is 1. The summed E-state index contributed by atoms with van der Waals surface area (Å²) in [4.78, 5) is 29.8. The van der Waals surface area contributed by atoms with Crippen molar-refractivity contribution in [2.75, 3.05) is 33.3 Å². The van der Waals surface area contributed by atoms with E-state index in [0.717, 1.165) is 13.1 Å². The maximum absolute atomic E-state index is 13.1. The topological polar surface area (TPSA) is 70.1 Å². The molecule has 0 aromatic heterocycles. The van der Waals surface area contributed by atoms with Gasteiger partial charge in [0.1, 0.15) is 11.5 Å². The highest BCUT2D eigenvalue weighted by molar-refractivity contribution is 6.46. The van der Waals surface area contributed by atoms with Gasteiger partial charge in [-0.2, -0.15) is 0 Å². The molecule has 1 aliphatic rings. The molecule has 0 radical (unpaired) electrons. The first kappa shape index (κ1) is 22.8. The number of likely N-dealkylation sites (N-methyl/N-ethyl adjacent to an activating group) is 1. The van der Waals surface area contributed by atoms with Crippen molar-refractivity contribution < 1.29 is 19.4 Å². The van der Waals surface area contributed by atoms with E-state index in [-0.39, 0.29) is 11.3 Å². The Hall–Kier alpha value is -2.83. The summed E-state index contributed by atoms with van der Waals surface area (Å²) in [6, 6.07) is 13.2. The molecule has 6 nitrogen and oxygen atoms in total. The molecule has 0 spiro atoms. The molecule has 0 aliphatic carbocycles. The highest BCUT2D eigenvalue weighted by atomic mass is 35.5. The number of hydrogen-bond acceptors (Lipinski definition) is 5. The zero-order valence-corrected chi connectivity index (χ0v) is 18.7. The van der Waals surface area contributed by atoms with E-state index in [0.29, 0.717) is 35.0 Å². The smallest absolute Gasteiger partial charge is 0.295 e. The second-order valence-electron chi connectivity index (χ2n) is 7.27. The van der Waals surface area contributed by atoms with Crippen molar-refractivity contribution in [2.24, 2.45) is 0 Å². The van der Waals surface area contributed by atoms with Gasteiger partial charge in [-0.15, -0.1) is 0 Å². The average Bonchev–Trinajstić information content (AvgIpc) is 3.04. The number of methoxy groups -OCH3 is 1. The van der Waals surface area contributed by atoms with Crippen molar-refractivity contribution in [2.45, 2.75) is 19.9 Å². The maximum Gasteiger partial charge on any atom is 0.295 e. The number of rotatable bonds is 8. The lowest BCUT2D eigenvalue weighted by Crippen LogP contribution is -2.38. The molecule has 1 amide bonds. The van der Waals surface area contributed by atoms with Crippen LogP contribution in [0.4, 0.5) is 0 Å². The fourth-order valence-electron chi connectivity index (χ4n) is 3.91. The Morgan fingerprint density at radius 3 is 2.48 bits per heavy atom. The van der Waals surface area contributed by atoms with Crippen LogP contribution in [0.3, 0.4) is 0 Å². The van der Waals surface area contributed by atoms with E-state index in [1.807, 2.05) is 19.9 Å². The van der Waals surface area contributed by atoms with Crippen LogP contribution < -0.4 is 4.74 Å². The first-order chi connectivity index (χ1) is 14.9. The van der Waals surface area contributed by atoms with E-state index >= 15 is 0 Å². The van der Waals surface area contributed by atoms with Crippen molar-refractivity contribution in [1.82, 2.24) is 9.80 Å². The van der Waals surface area contributed by atoms with Gasteiger partial charge in [0.15, 0.2) is 0 Å². The van der Waals surface area contributed by atoms with Gasteiger partial charge in [-0.1, -0.05) is 49.7 Å². The number of ether oxygens (including phenoxy) is 1. The SMILES string of the molecule is CCN(CC)CCN1C(=O)C(=O)/C(=C(/O)c2ccccc2OC)C1c1cccc(Cl)c1. The van der Waals surface area contributed by atoms with Gasteiger partial charge >= 0.3 is 0 Å².